The Balaban J connectivity index is 1.49. The first-order valence-corrected chi connectivity index (χ1v) is 8.15. The molecule has 0 saturated carbocycles. The Hall–Kier alpha value is -3.74. The Kier molecular flexibility index (Phi) is 5.73. The van der Waals surface area contributed by atoms with Gasteiger partial charge in [-0.25, -0.2) is 0 Å². The summed E-state index contributed by atoms with van der Waals surface area (Å²) in [5, 5.41) is 5.43. The molecule has 3 aromatic rings. The lowest BCUT2D eigenvalue weighted by molar-refractivity contribution is -0.118. The minimum absolute atomic E-state index is 0.144. The molecule has 0 bridgehead atoms. The normalized spacial score (nSPS) is 10.1. The number of carbonyl (C=O) groups is 2. The molecule has 27 heavy (non-hydrogen) atoms. The highest BCUT2D eigenvalue weighted by Crippen LogP contribution is 2.18. The third-order valence-electron chi connectivity index (χ3n) is 3.58. The number of hydrogen-bond donors (Lipinski definition) is 2. The van der Waals surface area contributed by atoms with Crippen molar-refractivity contribution in [3.05, 3.63) is 72.7 Å². The Morgan fingerprint density at radius 2 is 1.74 bits per heavy atom. The van der Waals surface area contributed by atoms with Crippen molar-refractivity contribution >= 4 is 23.2 Å². The van der Waals surface area contributed by atoms with Gasteiger partial charge in [0.2, 0.25) is 0 Å². The molecule has 0 aliphatic rings. The van der Waals surface area contributed by atoms with Gasteiger partial charge in [-0.2, -0.15) is 0 Å². The van der Waals surface area contributed by atoms with E-state index in [2.05, 4.69) is 10.6 Å². The monoisotopic (exact) mass is 366 g/mol. The van der Waals surface area contributed by atoms with Crippen LogP contribution in [0.3, 0.4) is 0 Å². The van der Waals surface area contributed by atoms with Crippen molar-refractivity contribution in [3.63, 3.8) is 0 Å². The van der Waals surface area contributed by atoms with Crippen LogP contribution in [0.1, 0.15) is 10.6 Å². The molecule has 0 aliphatic carbocycles. The molecule has 0 aliphatic heterocycles. The molecule has 0 atom stereocenters. The van der Waals surface area contributed by atoms with Crippen LogP contribution in [0.25, 0.3) is 0 Å². The van der Waals surface area contributed by atoms with Gasteiger partial charge in [-0.1, -0.05) is 6.07 Å². The number of nitrogens with one attached hydrogen (secondary N) is 2. The van der Waals surface area contributed by atoms with Crippen LogP contribution in [0.4, 0.5) is 11.4 Å². The third kappa shape index (κ3) is 5.12. The fourth-order valence-electron chi connectivity index (χ4n) is 2.28. The second-order valence-electron chi connectivity index (χ2n) is 5.52. The molecule has 1 heterocycles. The Morgan fingerprint density at radius 1 is 0.926 bits per heavy atom. The van der Waals surface area contributed by atoms with Crippen molar-refractivity contribution in [1.29, 1.82) is 0 Å². The molecular formula is C20H18N2O5. The van der Waals surface area contributed by atoms with Crippen molar-refractivity contribution < 1.29 is 23.5 Å². The highest BCUT2D eigenvalue weighted by atomic mass is 16.5. The summed E-state index contributed by atoms with van der Waals surface area (Å²) in [4.78, 5) is 23.9. The van der Waals surface area contributed by atoms with E-state index in [1.165, 1.54) is 6.26 Å². The first-order valence-electron chi connectivity index (χ1n) is 8.15. The number of ether oxygens (including phenoxy) is 2. The summed E-state index contributed by atoms with van der Waals surface area (Å²) in [6, 6.07) is 16.9. The summed E-state index contributed by atoms with van der Waals surface area (Å²) in [6.45, 7) is -0.144. The molecule has 0 saturated heterocycles. The van der Waals surface area contributed by atoms with Crippen LogP contribution in [0.2, 0.25) is 0 Å². The second kappa shape index (κ2) is 8.57. The number of methoxy groups -OCH3 is 1. The molecule has 3 rings (SSSR count). The number of furan rings is 1. The largest absolute Gasteiger partial charge is 0.497 e. The zero-order valence-electron chi connectivity index (χ0n) is 14.6. The van der Waals surface area contributed by atoms with Gasteiger partial charge in [0, 0.05) is 17.4 Å². The summed E-state index contributed by atoms with van der Waals surface area (Å²) in [6.07, 6.45) is 1.43. The number of amides is 2. The van der Waals surface area contributed by atoms with Gasteiger partial charge in [0.15, 0.2) is 12.4 Å². The number of hydrogen-bond acceptors (Lipinski definition) is 5. The number of anilines is 2. The summed E-state index contributed by atoms with van der Waals surface area (Å²) >= 11 is 0. The highest BCUT2D eigenvalue weighted by Gasteiger charge is 2.09. The summed E-state index contributed by atoms with van der Waals surface area (Å²) in [7, 11) is 1.56. The molecular weight excluding hydrogens is 348 g/mol. The van der Waals surface area contributed by atoms with Gasteiger partial charge in [-0.05, 0) is 48.5 Å². The molecule has 138 valence electrons. The van der Waals surface area contributed by atoms with Gasteiger partial charge in [0.25, 0.3) is 11.8 Å². The summed E-state index contributed by atoms with van der Waals surface area (Å²) in [5.41, 5.74) is 1.21. The maximum atomic E-state index is 12.0. The topological polar surface area (TPSA) is 89.8 Å². The number of rotatable bonds is 7. The third-order valence-corrected chi connectivity index (χ3v) is 3.58. The van der Waals surface area contributed by atoms with E-state index < -0.39 is 0 Å². The molecule has 2 N–H and O–H groups in total. The molecule has 7 nitrogen and oxygen atoms in total. The van der Waals surface area contributed by atoms with Gasteiger partial charge in [0.05, 0.1) is 13.4 Å². The minimum Gasteiger partial charge on any atom is -0.497 e. The zero-order chi connectivity index (χ0) is 19.1. The van der Waals surface area contributed by atoms with Crippen molar-refractivity contribution in [2.24, 2.45) is 0 Å². The molecule has 7 heteroatoms. The van der Waals surface area contributed by atoms with Gasteiger partial charge in [0.1, 0.15) is 11.5 Å². The lowest BCUT2D eigenvalue weighted by Crippen LogP contribution is -2.20. The van der Waals surface area contributed by atoms with E-state index in [1.54, 1.807) is 67.8 Å². The smallest absolute Gasteiger partial charge is 0.291 e. The first kappa shape index (κ1) is 18.1. The minimum atomic E-state index is -0.341. The van der Waals surface area contributed by atoms with E-state index in [-0.39, 0.29) is 24.2 Å². The fraction of sp³-hybridized carbons (Fsp3) is 0.100. The predicted molar refractivity (Wildman–Crippen MR) is 100 cm³/mol. The highest BCUT2D eigenvalue weighted by molar-refractivity contribution is 6.02. The molecule has 0 fully saturated rings. The lowest BCUT2D eigenvalue weighted by Gasteiger charge is -2.09. The molecule has 2 amide bonds. The standard InChI is InChI=1S/C20H18N2O5/c1-25-17-5-2-4-15(12-17)21-19(23)13-27-16-9-7-14(8-10-16)22-20(24)18-6-3-11-26-18/h2-12H,13H2,1H3,(H,21,23)(H,22,24). The first-order chi connectivity index (χ1) is 13.1. The maximum Gasteiger partial charge on any atom is 0.291 e. The SMILES string of the molecule is COc1cccc(NC(=O)COc2ccc(NC(=O)c3ccco3)cc2)c1. The number of carbonyl (C=O) groups excluding carboxylic acids is 2. The van der Waals surface area contributed by atoms with E-state index in [1.807, 2.05) is 0 Å². The predicted octanol–water partition coefficient (Wildman–Crippen LogP) is 3.56. The molecule has 0 radical (unpaired) electrons. The Bertz CT molecular complexity index is 904. The van der Waals surface area contributed by atoms with E-state index in [9.17, 15) is 9.59 Å². The quantitative estimate of drug-likeness (QED) is 0.667. The van der Waals surface area contributed by atoms with Crippen molar-refractivity contribution in [2.45, 2.75) is 0 Å². The van der Waals surface area contributed by atoms with Crippen LogP contribution < -0.4 is 20.1 Å². The van der Waals surface area contributed by atoms with Crippen LogP contribution in [-0.2, 0) is 4.79 Å². The Morgan fingerprint density at radius 3 is 2.44 bits per heavy atom. The average Bonchev–Trinajstić information content (AvgIpc) is 3.22. The van der Waals surface area contributed by atoms with Crippen LogP contribution >= 0.6 is 0 Å². The van der Waals surface area contributed by atoms with Gasteiger partial charge < -0.3 is 24.5 Å². The van der Waals surface area contributed by atoms with Crippen molar-refractivity contribution in [1.82, 2.24) is 0 Å². The second-order valence-corrected chi connectivity index (χ2v) is 5.52. The van der Waals surface area contributed by atoms with E-state index in [0.717, 1.165) is 0 Å². The van der Waals surface area contributed by atoms with Crippen LogP contribution in [-0.4, -0.2) is 25.5 Å². The maximum absolute atomic E-state index is 12.0. The van der Waals surface area contributed by atoms with E-state index >= 15 is 0 Å². The Labute approximate surface area is 155 Å². The van der Waals surface area contributed by atoms with Crippen LogP contribution in [0.15, 0.2) is 71.3 Å². The molecule has 1 aromatic heterocycles. The zero-order valence-corrected chi connectivity index (χ0v) is 14.6. The average molecular weight is 366 g/mol. The lowest BCUT2D eigenvalue weighted by atomic mass is 10.3. The summed E-state index contributed by atoms with van der Waals surface area (Å²) in [5.74, 6) is 0.752. The van der Waals surface area contributed by atoms with Crippen LogP contribution in [0.5, 0.6) is 11.5 Å². The van der Waals surface area contributed by atoms with Crippen molar-refractivity contribution in [3.8, 4) is 11.5 Å². The molecule has 2 aromatic carbocycles. The van der Waals surface area contributed by atoms with E-state index in [4.69, 9.17) is 13.9 Å². The molecule has 0 unspecified atom stereocenters. The summed E-state index contributed by atoms with van der Waals surface area (Å²) < 4.78 is 15.6. The van der Waals surface area contributed by atoms with E-state index in [0.29, 0.717) is 22.9 Å². The number of benzene rings is 2. The van der Waals surface area contributed by atoms with Crippen LogP contribution in [0, 0.1) is 0 Å². The van der Waals surface area contributed by atoms with Gasteiger partial charge >= 0.3 is 0 Å². The fourth-order valence-corrected chi connectivity index (χ4v) is 2.28. The molecule has 0 spiro atoms. The van der Waals surface area contributed by atoms with Crippen molar-refractivity contribution in [2.75, 3.05) is 24.4 Å². The van der Waals surface area contributed by atoms with Gasteiger partial charge in [-0.3, -0.25) is 9.59 Å². The van der Waals surface area contributed by atoms with Gasteiger partial charge in [-0.15, -0.1) is 0 Å².